The lowest BCUT2D eigenvalue weighted by molar-refractivity contribution is -0.777. The smallest absolute Gasteiger partial charge is 0.415 e. The van der Waals surface area contributed by atoms with Gasteiger partial charge in [-0.1, -0.05) is 0 Å². The van der Waals surface area contributed by atoms with Crippen LogP contribution in [-0.2, 0) is 18.9 Å². The Morgan fingerprint density at radius 2 is 2.21 bits per heavy atom. The van der Waals surface area contributed by atoms with Gasteiger partial charge in [-0.05, 0) is 18.8 Å². The third-order valence-electron chi connectivity index (χ3n) is 1.55. The van der Waals surface area contributed by atoms with E-state index in [2.05, 4.69) is 14.1 Å². The fourth-order valence-corrected chi connectivity index (χ4v) is 0.893. The normalized spacial score (nSPS) is 16.8. The molecule has 1 rings (SSSR count). The van der Waals surface area contributed by atoms with Crippen molar-refractivity contribution >= 4 is 18.0 Å². The van der Waals surface area contributed by atoms with Gasteiger partial charge in [0.2, 0.25) is 0 Å². The quantitative estimate of drug-likeness (QED) is 0.284. The third kappa shape index (κ3) is 3.74. The van der Waals surface area contributed by atoms with E-state index in [0.717, 1.165) is 12.8 Å². The van der Waals surface area contributed by atoms with Gasteiger partial charge in [0, 0.05) is 0 Å². The van der Waals surface area contributed by atoms with Crippen molar-refractivity contribution in [3.63, 3.8) is 0 Å². The van der Waals surface area contributed by atoms with Crippen LogP contribution in [0.4, 0.5) is 8.78 Å². The van der Waals surface area contributed by atoms with Crippen molar-refractivity contribution in [2.75, 3.05) is 6.61 Å². The molecule has 1 aliphatic carbocycles. The number of ether oxygens (including phenoxy) is 1. The lowest BCUT2D eigenvalue weighted by Gasteiger charge is -2.13. The molecule has 0 unspecified atom stereocenters. The summed E-state index contributed by atoms with van der Waals surface area (Å²) >= 11 is -0.684. The standard InChI is InChI=1S/C6H8F2O5S/c7-6(8,14-13-12-10)5(9)11-3-4-1-2-4/h4,10H,1-3H2/p-1. The van der Waals surface area contributed by atoms with E-state index in [1.807, 2.05) is 0 Å². The van der Waals surface area contributed by atoms with Crippen LogP contribution in [-0.4, -0.2) is 17.8 Å². The lowest BCUT2D eigenvalue weighted by atomic mass is 10.5. The van der Waals surface area contributed by atoms with Gasteiger partial charge in [-0.2, -0.15) is 13.1 Å². The van der Waals surface area contributed by atoms with E-state index in [1.165, 1.54) is 0 Å². The topological polar surface area (TPSA) is 67.8 Å². The summed E-state index contributed by atoms with van der Waals surface area (Å²) in [4.78, 5) is 10.7. The van der Waals surface area contributed by atoms with Crippen LogP contribution in [0.3, 0.4) is 0 Å². The lowest BCUT2D eigenvalue weighted by Crippen LogP contribution is -2.28. The highest BCUT2D eigenvalue weighted by atomic mass is 32.2. The van der Waals surface area contributed by atoms with Crippen LogP contribution >= 0.6 is 12.0 Å². The molecular formula is C6H7F2O5S-. The molecule has 0 aromatic carbocycles. The molecule has 1 saturated carbocycles. The molecule has 0 radical (unpaired) electrons. The molecule has 0 atom stereocenters. The summed E-state index contributed by atoms with van der Waals surface area (Å²) in [5.41, 5.74) is 0. The Balaban J connectivity index is 2.24. The van der Waals surface area contributed by atoms with Crippen LogP contribution in [0.25, 0.3) is 0 Å². The monoisotopic (exact) mass is 229 g/mol. The zero-order valence-electron chi connectivity index (χ0n) is 6.90. The number of rotatable bonds is 6. The van der Waals surface area contributed by atoms with Crippen molar-refractivity contribution in [1.82, 2.24) is 0 Å². The number of alkyl halides is 2. The van der Waals surface area contributed by atoms with E-state index in [1.54, 1.807) is 0 Å². The van der Waals surface area contributed by atoms with E-state index in [-0.39, 0.29) is 12.5 Å². The average molecular weight is 229 g/mol. The van der Waals surface area contributed by atoms with Gasteiger partial charge >= 0.3 is 11.2 Å². The molecule has 0 aromatic rings. The van der Waals surface area contributed by atoms with Gasteiger partial charge in [0.05, 0.1) is 6.61 Å². The number of hydrogen-bond donors (Lipinski definition) is 0. The van der Waals surface area contributed by atoms with Crippen LogP contribution in [0.15, 0.2) is 0 Å². The van der Waals surface area contributed by atoms with Gasteiger partial charge in [-0.15, -0.1) is 0 Å². The number of carbonyl (C=O) groups is 1. The number of halogens is 2. The summed E-state index contributed by atoms with van der Waals surface area (Å²) in [6.45, 7) is -0.0206. The number of esters is 1. The Kier molecular flexibility index (Phi) is 4.05. The molecule has 0 bridgehead atoms. The summed E-state index contributed by atoms with van der Waals surface area (Å²) < 4.78 is 32.9. The predicted octanol–water partition coefficient (Wildman–Crippen LogP) is 0.404. The molecule has 0 aromatic heterocycles. The van der Waals surface area contributed by atoms with Crippen molar-refractivity contribution in [1.29, 1.82) is 0 Å². The third-order valence-corrected chi connectivity index (χ3v) is 2.05. The second-order valence-electron chi connectivity index (χ2n) is 2.78. The molecule has 0 saturated heterocycles. The van der Waals surface area contributed by atoms with Crippen molar-refractivity contribution in [2.45, 2.75) is 18.1 Å². The maximum absolute atomic E-state index is 12.6. The highest BCUT2D eigenvalue weighted by molar-refractivity contribution is 7.96. The van der Waals surface area contributed by atoms with Crippen LogP contribution < -0.4 is 5.26 Å². The molecule has 8 heteroatoms. The Bertz CT molecular complexity index is 208. The number of carbonyl (C=O) groups excluding carboxylic acids is 1. The molecular weight excluding hydrogens is 222 g/mol. The van der Waals surface area contributed by atoms with E-state index in [4.69, 9.17) is 0 Å². The molecule has 5 nitrogen and oxygen atoms in total. The molecule has 0 aliphatic heterocycles. The van der Waals surface area contributed by atoms with Crippen molar-refractivity contribution in [3.8, 4) is 0 Å². The van der Waals surface area contributed by atoms with E-state index in [0.29, 0.717) is 0 Å². The zero-order valence-corrected chi connectivity index (χ0v) is 7.72. The Hall–Kier alpha value is -0.440. The summed E-state index contributed by atoms with van der Waals surface area (Å²) in [7, 11) is 0. The first-order valence-corrected chi connectivity index (χ1v) is 4.50. The Labute approximate surface area is 82.4 Å². The first-order chi connectivity index (χ1) is 6.56. The van der Waals surface area contributed by atoms with Gasteiger partial charge in [0.1, 0.15) is 12.0 Å². The maximum Gasteiger partial charge on any atom is 0.415 e. The first-order valence-electron chi connectivity index (χ1n) is 3.75. The second kappa shape index (κ2) is 4.87. The minimum absolute atomic E-state index is 0.0206. The molecule has 0 heterocycles. The molecule has 0 amide bonds. The maximum atomic E-state index is 12.6. The van der Waals surface area contributed by atoms with Crippen molar-refractivity contribution in [3.05, 3.63) is 0 Å². The van der Waals surface area contributed by atoms with Gasteiger partial charge in [0.15, 0.2) is 0 Å². The highest BCUT2D eigenvalue weighted by Gasteiger charge is 2.44. The zero-order chi connectivity index (χ0) is 10.6. The fourth-order valence-electron chi connectivity index (χ4n) is 0.653. The second-order valence-corrected chi connectivity index (χ2v) is 3.59. The van der Waals surface area contributed by atoms with Gasteiger partial charge < -0.3 is 9.99 Å². The SMILES string of the molecule is O=C(OCC1CC1)C(F)(F)SOO[O-]. The highest BCUT2D eigenvalue weighted by Crippen LogP contribution is 2.33. The molecule has 0 N–H and O–H groups in total. The van der Waals surface area contributed by atoms with Crippen LogP contribution in [0.2, 0.25) is 0 Å². The minimum Gasteiger partial charge on any atom is -0.691 e. The van der Waals surface area contributed by atoms with Gasteiger partial charge in [-0.25, -0.2) is 4.79 Å². The fraction of sp³-hybridized carbons (Fsp3) is 0.833. The van der Waals surface area contributed by atoms with E-state index >= 15 is 0 Å². The average Bonchev–Trinajstić information content (AvgIpc) is 2.94. The molecule has 82 valence electrons. The largest absolute Gasteiger partial charge is 0.691 e. The Morgan fingerprint density at radius 3 is 2.71 bits per heavy atom. The predicted molar refractivity (Wildman–Crippen MR) is 38.4 cm³/mol. The summed E-state index contributed by atoms with van der Waals surface area (Å²) in [5, 5.41) is 8.02. The van der Waals surface area contributed by atoms with Gasteiger partial charge in [-0.3, -0.25) is 5.04 Å². The van der Waals surface area contributed by atoms with E-state index < -0.39 is 23.3 Å². The minimum atomic E-state index is -3.92. The first kappa shape index (κ1) is 11.6. The summed E-state index contributed by atoms with van der Waals surface area (Å²) in [5.74, 6) is -1.54. The molecule has 1 aliphatic rings. The van der Waals surface area contributed by atoms with Crippen molar-refractivity contribution < 1.29 is 32.9 Å². The van der Waals surface area contributed by atoms with Crippen LogP contribution in [0.5, 0.6) is 0 Å². The number of hydrogen-bond acceptors (Lipinski definition) is 6. The van der Waals surface area contributed by atoms with Crippen molar-refractivity contribution in [2.24, 2.45) is 5.92 Å². The molecule has 0 spiro atoms. The van der Waals surface area contributed by atoms with Crippen LogP contribution in [0.1, 0.15) is 12.8 Å². The van der Waals surface area contributed by atoms with Gasteiger partial charge in [0.25, 0.3) is 0 Å². The summed E-state index contributed by atoms with van der Waals surface area (Å²) in [6, 6.07) is 0. The van der Waals surface area contributed by atoms with E-state index in [9.17, 15) is 18.8 Å². The molecule has 14 heavy (non-hydrogen) atoms. The molecule has 1 fully saturated rings. The summed E-state index contributed by atoms with van der Waals surface area (Å²) in [6.07, 6.45) is 1.76. The Morgan fingerprint density at radius 1 is 1.57 bits per heavy atom. The van der Waals surface area contributed by atoms with Crippen LogP contribution in [0, 0.1) is 5.92 Å².